The first-order valence-electron chi connectivity index (χ1n) is 9.67. The zero-order valence-corrected chi connectivity index (χ0v) is 15.4. The summed E-state index contributed by atoms with van der Waals surface area (Å²) in [6, 6.07) is 12.4. The zero-order chi connectivity index (χ0) is 18.1. The maximum absolute atomic E-state index is 5.88. The topological polar surface area (TPSA) is 44.4 Å². The Labute approximate surface area is 159 Å². The summed E-state index contributed by atoms with van der Waals surface area (Å²) >= 11 is 0. The van der Waals surface area contributed by atoms with Gasteiger partial charge in [-0.15, -0.1) is 0 Å². The molecule has 2 aliphatic heterocycles. The van der Waals surface area contributed by atoms with Crippen LogP contribution in [0, 0.1) is 0 Å². The molecule has 0 radical (unpaired) electrons. The molecule has 4 heterocycles. The number of rotatable bonds is 4. The van der Waals surface area contributed by atoms with Gasteiger partial charge < -0.3 is 14.6 Å². The van der Waals surface area contributed by atoms with Crippen molar-refractivity contribution < 1.29 is 4.74 Å². The number of pyridine rings is 1. The molecular formula is C22H24N4O. The number of hydrogen-bond acceptors (Lipinski definition) is 4. The van der Waals surface area contributed by atoms with Crippen molar-refractivity contribution in [3.8, 4) is 5.75 Å². The quantitative estimate of drug-likeness (QED) is 0.773. The van der Waals surface area contributed by atoms with Crippen molar-refractivity contribution in [3.05, 3.63) is 59.9 Å². The van der Waals surface area contributed by atoms with Crippen LogP contribution in [0.5, 0.6) is 5.75 Å². The molecule has 5 rings (SSSR count). The number of piperazine rings is 1. The molecule has 2 aromatic heterocycles. The second-order valence-electron chi connectivity index (χ2n) is 7.28. The summed E-state index contributed by atoms with van der Waals surface area (Å²) in [4.78, 5) is 12.9. The predicted molar refractivity (Wildman–Crippen MR) is 109 cm³/mol. The maximum atomic E-state index is 5.88. The van der Waals surface area contributed by atoms with Gasteiger partial charge in [0.2, 0.25) is 0 Å². The minimum absolute atomic E-state index is 0.718. The van der Waals surface area contributed by atoms with Crippen LogP contribution in [-0.4, -0.2) is 54.2 Å². The molecule has 0 unspecified atom stereocenters. The first kappa shape index (κ1) is 16.4. The van der Waals surface area contributed by atoms with Crippen molar-refractivity contribution in [1.82, 2.24) is 14.9 Å². The van der Waals surface area contributed by atoms with Crippen LogP contribution in [0.3, 0.4) is 0 Å². The second kappa shape index (κ2) is 7.08. The van der Waals surface area contributed by atoms with Crippen LogP contribution in [-0.2, 0) is 0 Å². The molecule has 1 N–H and O–H groups in total. The van der Waals surface area contributed by atoms with Gasteiger partial charge in [-0.25, -0.2) is 4.98 Å². The Morgan fingerprint density at radius 2 is 1.93 bits per heavy atom. The van der Waals surface area contributed by atoms with E-state index in [1.807, 2.05) is 24.5 Å². The molecule has 27 heavy (non-hydrogen) atoms. The predicted octanol–water partition coefficient (Wildman–Crippen LogP) is 3.55. The fraction of sp³-hybridized carbons (Fsp3) is 0.318. The van der Waals surface area contributed by atoms with Gasteiger partial charge in [0.15, 0.2) is 5.82 Å². The number of nitrogens with one attached hydrogen (secondary N) is 1. The van der Waals surface area contributed by atoms with E-state index >= 15 is 0 Å². The SMILES string of the molecule is C1=C(CCN2CCN(c3nccc4cc[nH]c34)CC2)COc2ccccc21. The molecule has 0 saturated carbocycles. The zero-order valence-electron chi connectivity index (χ0n) is 15.4. The van der Waals surface area contributed by atoms with E-state index in [4.69, 9.17) is 4.74 Å². The smallest absolute Gasteiger partial charge is 0.153 e. The first-order valence-corrected chi connectivity index (χ1v) is 9.67. The van der Waals surface area contributed by atoms with E-state index < -0.39 is 0 Å². The van der Waals surface area contributed by atoms with E-state index in [9.17, 15) is 0 Å². The number of H-pyrrole nitrogens is 1. The van der Waals surface area contributed by atoms with Crippen molar-refractivity contribution in [2.45, 2.75) is 6.42 Å². The first-order chi connectivity index (χ1) is 13.4. The molecule has 3 aromatic rings. The Balaban J connectivity index is 1.18. The van der Waals surface area contributed by atoms with Crippen molar-refractivity contribution in [1.29, 1.82) is 0 Å². The van der Waals surface area contributed by atoms with Crippen LogP contribution in [0.2, 0.25) is 0 Å². The third-order valence-corrected chi connectivity index (χ3v) is 5.57. The molecule has 5 nitrogen and oxygen atoms in total. The number of nitrogens with zero attached hydrogens (tertiary/aromatic N) is 3. The van der Waals surface area contributed by atoms with Gasteiger partial charge in [-0.3, -0.25) is 4.90 Å². The third-order valence-electron chi connectivity index (χ3n) is 5.57. The lowest BCUT2D eigenvalue weighted by atomic mass is 10.0. The monoisotopic (exact) mass is 360 g/mol. The number of aromatic amines is 1. The van der Waals surface area contributed by atoms with E-state index in [1.54, 1.807) is 0 Å². The third kappa shape index (κ3) is 3.30. The molecule has 138 valence electrons. The van der Waals surface area contributed by atoms with Crippen molar-refractivity contribution in [2.75, 3.05) is 44.2 Å². The maximum Gasteiger partial charge on any atom is 0.153 e. The van der Waals surface area contributed by atoms with E-state index in [0.717, 1.165) is 62.8 Å². The average Bonchev–Trinajstić information content (AvgIpc) is 3.21. The summed E-state index contributed by atoms with van der Waals surface area (Å²) in [5.41, 5.74) is 3.73. The average molecular weight is 360 g/mol. The summed E-state index contributed by atoms with van der Waals surface area (Å²) in [7, 11) is 0. The van der Waals surface area contributed by atoms with Crippen LogP contribution in [0.4, 0.5) is 5.82 Å². The lowest BCUT2D eigenvalue weighted by Gasteiger charge is -2.35. The number of ether oxygens (including phenoxy) is 1. The van der Waals surface area contributed by atoms with Crippen LogP contribution >= 0.6 is 0 Å². The fourth-order valence-electron chi connectivity index (χ4n) is 4.00. The molecule has 0 atom stereocenters. The number of para-hydroxylation sites is 1. The molecular weight excluding hydrogens is 336 g/mol. The van der Waals surface area contributed by atoms with Gasteiger partial charge in [-0.2, -0.15) is 0 Å². The second-order valence-corrected chi connectivity index (χ2v) is 7.28. The van der Waals surface area contributed by atoms with Crippen LogP contribution in [0.15, 0.2) is 54.4 Å². The molecule has 1 saturated heterocycles. The Kier molecular flexibility index (Phi) is 4.30. The van der Waals surface area contributed by atoms with Gasteiger partial charge in [0.25, 0.3) is 0 Å². The summed E-state index contributed by atoms with van der Waals surface area (Å²) in [6.07, 6.45) is 7.26. The van der Waals surface area contributed by atoms with Crippen LogP contribution in [0.1, 0.15) is 12.0 Å². The molecule has 5 heteroatoms. The summed E-state index contributed by atoms with van der Waals surface area (Å²) in [5.74, 6) is 2.08. The Bertz CT molecular complexity index is 969. The van der Waals surface area contributed by atoms with E-state index in [-0.39, 0.29) is 0 Å². The van der Waals surface area contributed by atoms with Crippen molar-refractivity contribution >= 4 is 22.8 Å². The summed E-state index contributed by atoms with van der Waals surface area (Å²) in [5, 5.41) is 1.23. The highest BCUT2D eigenvalue weighted by Gasteiger charge is 2.20. The largest absolute Gasteiger partial charge is 0.489 e. The Morgan fingerprint density at radius 1 is 1.04 bits per heavy atom. The van der Waals surface area contributed by atoms with Crippen LogP contribution in [0.25, 0.3) is 17.0 Å². The Morgan fingerprint density at radius 3 is 2.85 bits per heavy atom. The van der Waals surface area contributed by atoms with Crippen LogP contribution < -0.4 is 9.64 Å². The van der Waals surface area contributed by atoms with E-state index in [2.05, 4.69) is 50.1 Å². The van der Waals surface area contributed by atoms with E-state index in [1.165, 1.54) is 16.5 Å². The number of fused-ring (bicyclic) bond motifs is 2. The van der Waals surface area contributed by atoms with E-state index in [0.29, 0.717) is 0 Å². The molecule has 0 spiro atoms. The fourth-order valence-corrected chi connectivity index (χ4v) is 4.00. The highest BCUT2D eigenvalue weighted by Crippen LogP contribution is 2.27. The molecule has 0 bridgehead atoms. The lowest BCUT2D eigenvalue weighted by Crippen LogP contribution is -2.47. The number of anilines is 1. The van der Waals surface area contributed by atoms with Crippen molar-refractivity contribution in [3.63, 3.8) is 0 Å². The lowest BCUT2D eigenvalue weighted by molar-refractivity contribution is 0.255. The van der Waals surface area contributed by atoms with Gasteiger partial charge in [-0.05, 0) is 36.3 Å². The van der Waals surface area contributed by atoms with Gasteiger partial charge in [0.05, 0.1) is 5.52 Å². The minimum Gasteiger partial charge on any atom is -0.489 e. The molecule has 1 aromatic carbocycles. The van der Waals surface area contributed by atoms with Gasteiger partial charge in [-0.1, -0.05) is 18.2 Å². The number of aromatic nitrogens is 2. The summed E-state index contributed by atoms with van der Waals surface area (Å²) in [6.45, 7) is 5.99. The number of hydrogen-bond donors (Lipinski definition) is 1. The standard InChI is InChI=1S/C22H24N4O/c1-2-4-20-19(3-1)15-17(16-27-20)7-10-25-11-13-26(14-12-25)22-21-18(5-8-23-21)6-9-24-22/h1-6,8-9,15,23H,7,10-14,16H2. The van der Waals surface area contributed by atoms with Crippen molar-refractivity contribution in [2.24, 2.45) is 0 Å². The highest BCUT2D eigenvalue weighted by molar-refractivity contribution is 5.89. The molecule has 0 aliphatic carbocycles. The Hall–Kier alpha value is -2.79. The van der Waals surface area contributed by atoms with Gasteiger partial charge in [0.1, 0.15) is 12.4 Å². The molecule has 0 amide bonds. The molecule has 2 aliphatic rings. The number of benzene rings is 1. The minimum atomic E-state index is 0.718. The van der Waals surface area contributed by atoms with Gasteiger partial charge >= 0.3 is 0 Å². The highest BCUT2D eigenvalue weighted by atomic mass is 16.5. The summed E-state index contributed by atoms with van der Waals surface area (Å²) < 4.78 is 5.88. The molecule has 1 fully saturated rings. The van der Waals surface area contributed by atoms with Gasteiger partial charge in [0, 0.05) is 56.1 Å². The normalized spacial score (nSPS) is 17.5.